The number of rotatable bonds is 2. The molecular formula is C10H15BrN2S. The van der Waals surface area contributed by atoms with E-state index in [0.29, 0.717) is 12.1 Å². The highest BCUT2D eigenvalue weighted by Gasteiger charge is 2.27. The van der Waals surface area contributed by atoms with Crippen LogP contribution in [0.3, 0.4) is 0 Å². The summed E-state index contributed by atoms with van der Waals surface area (Å²) < 4.78 is 1.21. The second-order valence-corrected chi connectivity index (χ2v) is 6.42. The van der Waals surface area contributed by atoms with Crippen molar-refractivity contribution in [3.63, 3.8) is 0 Å². The molecule has 4 heteroatoms. The van der Waals surface area contributed by atoms with Crippen molar-refractivity contribution >= 4 is 27.3 Å². The van der Waals surface area contributed by atoms with Crippen molar-refractivity contribution in [3.05, 3.63) is 20.8 Å². The molecule has 1 aliphatic heterocycles. The Bertz CT molecular complexity index is 313. The molecule has 0 saturated carbocycles. The van der Waals surface area contributed by atoms with Crippen LogP contribution >= 0.6 is 27.3 Å². The first-order valence-corrected chi connectivity index (χ1v) is 6.51. The van der Waals surface area contributed by atoms with E-state index in [1.165, 1.54) is 8.66 Å². The fraction of sp³-hybridized carbons (Fsp3) is 0.600. The zero-order valence-corrected chi connectivity index (χ0v) is 10.6. The average molecular weight is 275 g/mol. The molecule has 0 bridgehead atoms. The van der Waals surface area contributed by atoms with Gasteiger partial charge in [0.25, 0.3) is 0 Å². The number of thiophene rings is 1. The van der Waals surface area contributed by atoms with Crippen LogP contribution in [0.5, 0.6) is 0 Å². The second kappa shape index (κ2) is 4.31. The molecule has 2 N–H and O–H groups in total. The number of hydrogen-bond acceptors (Lipinski definition) is 3. The lowest BCUT2D eigenvalue weighted by Crippen LogP contribution is -2.36. The van der Waals surface area contributed by atoms with E-state index in [-0.39, 0.29) is 0 Å². The molecule has 0 amide bonds. The van der Waals surface area contributed by atoms with Gasteiger partial charge >= 0.3 is 0 Å². The van der Waals surface area contributed by atoms with Crippen LogP contribution in [0.1, 0.15) is 18.2 Å². The van der Waals surface area contributed by atoms with Crippen molar-refractivity contribution in [1.29, 1.82) is 0 Å². The summed E-state index contributed by atoms with van der Waals surface area (Å²) in [5.74, 6) is 0. The Balaban J connectivity index is 1.98. The highest BCUT2D eigenvalue weighted by molar-refractivity contribution is 9.11. The van der Waals surface area contributed by atoms with E-state index in [1.807, 2.05) is 11.3 Å². The number of halogens is 1. The molecule has 1 aliphatic rings. The summed E-state index contributed by atoms with van der Waals surface area (Å²) in [7, 11) is 0. The molecule has 1 fully saturated rings. The Kier molecular flexibility index (Phi) is 3.27. The van der Waals surface area contributed by atoms with Gasteiger partial charge < -0.3 is 5.73 Å². The van der Waals surface area contributed by atoms with Gasteiger partial charge in [-0.3, -0.25) is 4.90 Å². The van der Waals surface area contributed by atoms with Crippen molar-refractivity contribution in [1.82, 2.24) is 4.90 Å². The summed E-state index contributed by atoms with van der Waals surface area (Å²) in [6, 6.07) is 5.18. The maximum absolute atomic E-state index is 5.98. The second-order valence-electron chi connectivity index (χ2n) is 3.87. The fourth-order valence-electron chi connectivity index (χ4n) is 1.89. The van der Waals surface area contributed by atoms with E-state index in [4.69, 9.17) is 5.73 Å². The molecule has 0 aliphatic carbocycles. The van der Waals surface area contributed by atoms with Gasteiger partial charge in [-0.25, -0.2) is 0 Å². The van der Waals surface area contributed by atoms with E-state index in [2.05, 4.69) is 39.9 Å². The average Bonchev–Trinajstić information content (AvgIpc) is 2.67. The predicted octanol–water partition coefficient (Wildman–Crippen LogP) is 2.43. The molecule has 0 spiro atoms. The third-order valence-corrected chi connectivity index (χ3v) is 4.54. The molecule has 2 rings (SSSR count). The van der Waals surface area contributed by atoms with Crippen LogP contribution in [0.4, 0.5) is 0 Å². The van der Waals surface area contributed by atoms with Crippen molar-refractivity contribution in [2.24, 2.45) is 5.73 Å². The summed E-state index contributed by atoms with van der Waals surface area (Å²) in [5, 5.41) is 0. The molecule has 14 heavy (non-hydrogen) atoms. The number of nitrogens with zero attached hydrogens (tertiary/aromatic N) is 1. The SMILES string of the molecule is CC1C(N)CCN1Cc1ccc(Br)s1. The maximum atomic E-state index is 5.98. The van der Waals surface area contributed by atoms with Gasteiger partial charge in [0, 0.05) is 30.1 Å². The van der Waals surface area contributed by atoms with Gasteiger partial charge in [0.05, 0.1) is 3.79 Å². The third-order valence-electron chi connectivity index (χ3n) is 2.93. The van der Waals surface area contributed by atoms with Crippen LogP contribution in [-0.4, -0.2) is 23.5 Å². The minimum Gasteiger partial charge on any atom is -0.326 e. The topological polar surface area (TPSA) is 29.3 Å². The molecule has 0 radical (unpaired) electrons. The molecule has 1 aromatic heterocycles. The Hall–Kier alpha value is 0.1000. The van der Waals surface area contributed by atoms with Crippen LogP contribution in [0.15, 0.2) is 15.9 Å². The molecule has 1 aromatic rings. The Morgan fingerprint density at radius 1 is 1.64 bits per heavy atom. The maximum Gasteiger partial charge on any atom is 0.0701 e. The molecule has 2 nitrogen and oxygen atoms in total. The summed E-state index contributed by atoms with van der Waals surface area (Å²) in [5.41, 5.74) is 5.98. The van der Waals surface area contributed by atoms with E-state index < -0.39 is 0 Å². The van der Waals surface area contributed by atoms with Gasteiger partial charge in [-0.2, -0.15) is 0 Å². The van der Waals surface area contributed by atoms with Gasteiger partial charge in [0.15, 0.2) is 0 Å². The van der Waals surface area contributed by atoms with Gasteiger partial charge in [-0.15, -0.1) is 11.3 Å². The lowest BCUT2D eigenvalue weighted by atomic mass is 10.2. The van der Waals surface area contributed by atoms with Crippen LogP contribution < -0.4 is 5.73 Å². The fourth-order valence-corrected chi connectivity index (χ4v) is 3.40. The smallest absolute Gasteiger partial charge is 0.0701 e. The van der Waals surface area contributed by atoms with E-state index in [0.717, 1.165) is 19.5 Å². The summed E-state index contributed by atoms with van der Waals surface area (Å²) in [4.78, 5) is 3.88. The Morgan fingerprint density at radius 3 is 2.93 bits per heavy atom. The molecular weight excluding hydrogens is 260 g/mol. The minimum atomic E-state index is 0.360. The van der Waals surface area contributed by atoms with E-state index in [9.17, 15) is 0 Å². The molecule has 1 saturated heterocycles. The van der Waals surface area contributed by atoms with Gasteiger partial charge in [-0.05, 0) is 41.4 Å². The number of nitrogens with two attached hydrogens (primary N) is 1. The zero-order chi connectivity index (χ0) is 10.1. The summed E-state index contributed by atoms with van der Waals surface area (Å²) in [6.07, 6.45) is 1.13. The lowest BCUT2D eigenvalue weighted by Gasteiger charge is -2.21. The van der Waals surface area contributed by atoms with Crippen LogP contribution in [0, 0.1) is 0 Å². The number of likely N-dealkylation sites (tertiary alicyclic amines) is 1. The van der Waals surface area contributed by atoms with Crippen LogP contribution in [-0.2, 0) is 6.54 Å². The Morgan fingerprint density at radius 2 is 2.43 bits per heavy atom. The van der Waals surface area contributed by atoms with Gasteiger partial charge in [-0.1, -0.05) is 0 Å². The minimum absolute atomic E-state index is 0.360. The predicted molar refractivity (Wildman–Crippen MR) is 64.5 cm³/mol. The molecule has 2 atom stereocenters. The lowest BCUT2D eigenvalue weighted by molar-refractivity contribution is 0.254. The summed E-state index contributed by atoms with van der Waals surface area (Å²) in [6.45, 7) is 4.41. The van der Waals surface area contributed by atoms with E-state index >= 15 is 0 Å². The monoisotopic (exact) mass is 274 g/mol. The highest BCUT2D eigenvalue weighted by Crippen LogP contribution is 2.26. The van der Waals surface area contributed by atoms with Gasteiger partial charge in [0.2, 0.25) is 0 Å². The van der Waals surface area contributed by atoms with E-state index in [1.54, 1.807) is 0 Å². The molecule has 78 valence electrons. The van der Waals surface area contributed by atoms with Crippen molar-refractivity contribution < 1.29 is 0 Å². The third kappa shape index (κ3) is 2.19. The number of hydrogen-bond donors (Lipinski definition) is 1. The zero-order valence-electron chi connectivity index (χ0n) is 8.24. The first-order valence-electron chi connectivity index (χ1n) is 4.90. The highest BCUT2D eigenvalue weighted by atomic mass is 79.9. The van der Waals surface area contributed by atoms with Crippen molar-refractivity contribution in [2.75, 3.05) is 6.54 Å². The van der Waals surface area contributed by atoms with Crippen molar-refractivity contribution in [3.8, 4) is 0 Å². The summed E-state index contributed by atoms with van der Waals surface area (Å²) >= 11 is 5.30. The molecule has 0 aromatic carbocycles. The van der Waals surface area contributed by atoms with Crippen LogP contribution in [0.2, 0.25) is 0 Å². The molecule has 2 heterocycles. The Labute approximate surface area is 97.2 Å². The largest absolute Gasteiger partial charge is 0.326 e. The first kappa shape index (κ1) is 10.6. The van der Waals surface area contributed by atoms with Crippen LogP contribution in [0.25, 0.3) is 0 Å². The van der Waals surface area contributed by atoms with Crippen molar-refractivity contribution in [2.45, 2.75) is 32.0 Å². The first-order chi connectivity index (χ1) is 6.66. The molecule has 2 unspecified atom stereocenters. The quantitative estimate of drug-likeness (QED) is 0.898. The van der Waals surface area contributed by atoms with Gasteiger partial charge in [0.1, 0.15) is 0 Å². The normalized spacial score (nSPS) is 28.5. The standard InChI is InChI=1S/C10H15BrN2S/c1-7-9(12)4-5-13(7)6-8-2-3-10(11)14-8/h2-3,7,9H,4-6,12H2,1H3.